The third kappa shape index (κ3) is 5.12. The van der Waals surface area contributed by atoms with Gasteiger partial charge in [-0.2, -0.15) is 0 Å². The standard InChI is InChI=1S/C16H22N2O4/c1-4-18(8-7-17-12(3)19)14-6-5-13(15(20)10-14)9-11(2)16(21)22/h5-6,9-10,20H,4,7-8H2,1-3H3,(H,17,19)(H,21,22)/b11-9+. The van der Waals surface area contributed by atoms with Crippen LogP contribution in [0.1, 0.15) is 26.3 Å². The number of anilines is 1. The van der Waals surface area contributed by atoms with Gasteiger partial charge in [0.25, 0.3) is 0 Å². The zero-order valence-electron chi connectivity index (χ0n) is 13.1. The Morgan fingerprint density at radius 3 is 2.50 bits per heavy atom. The van der Waals surface area contributed by atoms with Gasteiger partial charge in [-0.3, -0.25) is 4.79 Å². The van der Waals surface area contributed by atoms with Crippen LogP contribution in [0.5, 0.6) is 5.75 Å². The van der Waals surface area contributed by atoms with Gasteiger partial charge in [-0.15, -0.1) is 0 Å². The van der Waals surface area contributed by atoms with Gasteiger partial charge in [-0.25, -0.2) is 4.79 Å². The molecule has 120 valence electrons. The van der Waals surface area contributed by atoms with E-state index in [0.717, 1.165) is 12.2 Å². The number of nitrogens with one attached hydrogen (secondary N) is 1. The van der Waals surface area contributed by atoms with Crippen LogP contribution in [0, 0.1) is 0 Å². The summed E-state index contributed by atoms with van der Waals surface area (Å²) in [7, 11) is 0. The van der Waals surface area contributed by atoms with Crippen LogP contribution in [0.15, 0.2) is 23.8 Å². The van der Waals surface area contributed by atoms with Gasteiger partial charge in [0.2, 0.25) is 5.91 Å². The molecule has 0 heterocycles. The monoisotopic (exact) mass is 306 g/mol. The summed E-state index contributed by atoms with van der Waals surface area (Å²) in [6, 6.07) is 5.09. The maximum atomic E-state index is 10.9. The summed E-state index contributed by atoms with van der Waals surface area (Å²) in [5.74, 6) is -1.08. The fraction of sp³-hybridized carbons (Fsp3) is 0.375. The van der Waals surface area contributed by atoms with Gasteiger partial charge in [0, 0.05) is 49.4 Å². The number of nitrogens with zero attached hydrogens (tertiary/aromatic N) is 1. The number of likely N-dealkylation sites (N-methyl/N-ethyl adjacent to an activating group) is 1. The van der Waals surface area contributed by atoms with Gasteiger partial charge >= 0.3 is 5.97 Å². The summed E-state index contributed by atoms with van der Waals surface area (Å²) in [4.78, 5) is 23.7. The number of hydrogen-bond acceptors (Lipinski definition) is 4. The minimum Gasteiger partial charge on any atom is -0.507 e. The molecule has 1 aromatic carbocycles. The number of carboxylic acids is 1. The van der Waals surface area contributed by atoms with Crippen LogP contribution in [0.4, 0.5) is 5.69 Å². The third-order valence-electron chi connectivity index (χ3n) is 3.23. The van der Waals surface area contributed by atoms with E-state index in [0.29, 0.717) is 18.7 Å². The number of benzene rings is 1. The van der Waals surface area contributed by atoms with Crippen molar-refractivity contribution in [1.29, 1.82) is 0 Å². The molecule has 0 bridgehead atoms. The minimum absolute atomic E-state index is 0.0241. The first-order chi connectivity index (χ1) is 10.3. The number of rotatable bonds is 7. The van der Waals surface area contributed by atoms with E-state index in [-0.39, 0.29) is 17.2 Å². The van der Waals surface area contributed by atoms with E-state index in [2.05, 4.69) is 5.32 Å². The second-order valence-electron chi connectivity index (χ2n) is 4.94. The molecule has 0 atom stereocenters. The highest BCUT2D eigenvalue weighted by Gasteiger charge is 2.09. The van der Waals surface area contributed by atoms with Crippen LogP contribution in [0.25, 0.3) is 6.08 Å². The predicted molar refractivity (Wildman–Crippen MR) is 86.0 cm³/mol. The van der Waals surface area contributed by atoms with E-state index in [4.69, 9.17) is 5.11 Å². The Morgan fingerprint density at radius 1 is 1.32 bits per heavy atom. The van der Waals surface area contributed by atoms with Crippen molar-refractivity contribution < 1.29 is 19.8 Å². The van der Waals surface area contributed by atoms with Crippen molar-refractivity contribution in [1.82, 2.24) is 5.32 Å². The smallest absolute Gasteiger partial charge is 0.331 e. The number of amides is 1. The number of hydrogen-bond donors (Lipinski definition) is 3. The minimum atomic E-state index is -1.02. The molecule has 1 rings (SSSR count). The lowest BCUT2D eigenvalue weighted by atomic mass is 10.1. The molecule has 1 aromatic rings. The number of carbonyl (C=O) groups excluding carboxylic acids is 1. The second-order valence-corrected chi connectivity index (χ2v) is 4.94. The molecule has 0 spiro atoms. The highest BCUT2D eigenvalue weighted by Crippen LogP contribution is 2.26. The van der Waals surface area contributed by atoms with Gasteiger partial charge in [0.15, 0.2) is 0 Å². The van der Waals surface area contributed by atoms with Crippen molar-refractivity contribution in [2.24, 2.45) is 0 Å². The molecule has 0 aliphatic heterocycles. The molecule has 0 aromatic heterocycles. The topological polar surface area (TPSA) is 89.9 Å². The molecular weight excluding hydrogens is 284 g/mol. The number of aromatic hydroxyl groups is 1. The predicted octanol–water partition coefficient (Wildman–Crippen LogP) is 1.84. The lowest BCUT2D eigenvalue weighted by Gasteiger charge is -2.23. The van der Waals surface area contributed by atoms with Crippen LogP contribution in [-0.2, 0) is 9.59 Å². The molecular formula is C16H22N2O4. The van der Waals surface area contributed by atoms with Crippen molar-refractivity contribution in [3.63, 3.8) is 0 Å². The van der Waals surface area contributed by atoms with Crippen molar-refractivity contribution in [2.75, 3.05) is 24.5 Å². The van der Waals surface area contributed by atoms with Crippen LogP contribution < -0.4 is 10.2 Å². The Balaban J connectivity index is 2.88. The Hall–Kier alpha value is -2.50. The van der Waals surface area contributed by atoms with E-state index in [1.54, 1.807) is 12.1 Å². The summed E-state index contributed by atoms with van der Waals surface area (Å²) < 4.78 is 0. The van der Waals surface area contributed by atoms with Gasteiger partial charge in [0.1, 0.15) is 5.75 Å². The molecule has 1 amide bonds. The van der Waals surface area contributed by atoms with E-state index >= 15 is 0 Å². The molecule has 6 heteroatoms. The Kier molecular flexibility index (Phi) is 6.44. The normalized spacial score (nSPS) is 11.1. The molecule has 22 heavy (non-hydrogen) atoms. The highest BCUT2D eigenvalue weighted by molar-refractivity contribution is 5.92. The van der Waals surface area contributed by atoms with Crippen molar-refractivity contribution in [3.05, 3.63) is 29.3 Å². The summed E-state index contributed by atoms with van der Waals surface area (Å²) in [6.07, 6.45) is 1.43. The maximum Gasteiger partial charge on any atom is 0.331 e. The van der Waals surface area contributed by atoms with E-state index in [1.807, 2.05) is 17.9 Å². The number of carbonyl (C=O) groups is 2. The average Bonchev–Trinajstić information content (AvgIpc) is 2.45. The molecule has 0 radical (unpaired) electrons. The molecule has 0 aliphatic rings. The van der Waals surface area contributed by atoms with Crippen molar-refractivity contribution in [2.45, 2.75) is 20.8 Å². The zero-order chi connectivity index (χ0) is 16.7. The summed E-state index contributed by atoms with van der Waals surface area (Å²) in [6.45, 7) is 6.79. The van der Waals surface area contributed by atoms with Crippen molar-refractivity contribution in [3.8, 4) is 5.75 Å². The van der Waals surface area contributed by atoms with Gasteiger partial charge in [-0.05, 0) is 32.1 Å². The summed E-state index contributed by atoms with van der Waals surface area (Å²) in [5, 5.41) is 21.6. The van der Waals surface area contributed by atoms with Gasteiger partial charge < -0.3 is 20.4 Å². The molecule has 0 saturated heterocycles. The quantitative estimate of drug-likeness (QED) is 0.669. The first-order valence-electron chi connectivity index (χ1n) is 7.09. The first-order valence-corrected chi connectivity index (χ1v) is 7.09. The van der Waals surface area contributed by atoms with Crippen LogP contribution in [0.3, 0.4) is 0 Å². The Bertz CT molecular complexity index is 582. The van der Waals surface area contributed by atoms with E-state index < -0.39 is 5.97 Å². The largest absolute Gasteiger partial charge is 0.507 e. The van der Waals surface area contributed by atoms with Gasteiger partial charge in [-0.1, -0.05) is 0 Å². The Labute approximate surface area is 130 Å². The van der Waals surface area contributed by atoms with E-state index in [1.165, 1.54) is 19.9 Å². The molecule has 0 aliphatic carbocycles. The molecule has 6 nitrogen and oxygen atoms in total. The molecule has 0 unspecified atom stereocenters. The summed E-state index contributed by atoms with van der Waals surface area (Å²) in [5.41, 5.74) is 1.43. The third-order valence-corrected chi connectivity index (χ3v) is 3.23. The number of aliphatic carboxylic acids is 1. The summed E-state index contributed by atoms with van der Waals surface area (Å²) >= 11 is 0. The SMILES string of the molecule is CCN(CCNC(C)=O)c1ccc(/C=C(\C)C(=O)O)c(O)c1. The molecule has 0 fully saturated rings. The fourth-order valence-corrected chi connectivity index (χ4v) is 1.98. The van der Waals surface area contributed by atoms with Crippen LogP contribution in [0.2, 0.25) is 0 Å². The van der Waals surface area contributed by atoms with Crippen LogP contribution in [-0.4, -0.2) is 41.7 Å². The first kappa shape index (κ1) is 17.6. The Morgan fingerprint density at radius 2 is 2.00 bits per heavy atom. The zero-order valence-corrected chi connectivity index (χ0v) is 13.1. The fourth-order valence-electron chi connectivity index (χ4n) is 1.98. The van der Waals surface area contributed by atoms with Crippen molar-refractivity contribution >= 4 is 23.6 Å². The van der Waals surface area contributed by atoms with E-state index in [9.17, 15) is 14.7 Å². The second kappa shape index (κ2) is 8.07. The lowest BCUT2D eigenvalue weighted by Crippen LogP contribution is -2.33. The van der Waals surface area contributed by atoms with Crippen LogP contribution >= 0.6 is 0 Å². The number of phenols is 1. The molecule has 0 saturated carbocycles. The molecule has 3 N–H and O–H groups in total. The maximum absolute atomic E-state index is 10.9. The number of phenolic OH excluding ortho intramolecular Hbond substituents is 1. The van der Waals surface area contributed by atoms with Gasteiger partial charge in [0.05, 0.1) is 0 Å². The highest BCUT2D eigenvalue weighted by atomic mass is 16.4. The average molecular weight is 306 g/mol. The number of carboxylic acid groups (broad SMARTS) is 1. The lowest BCUT2D eigenvalue weighted by molar-refractivity contribution is -0.132.